The lowest BCUT2D eigenvalue weighted by molar-refractivity contribution is -0.141. The molecule has 5 rings (SSSR count). The van der Waals surface area contributed by atoms with Gasteiger partial charge in [0.05, 0.1) is 18.4 Å². The third-order valence-corrected chi connectivity index (χ3v) is 6.81. The van der Waals surface area contributed by atoms with Gasteiger partial charge in [-0.3, -0.25) is 9.59 Å². The van der Waals surface area contributed by atoms with Gasteiger partial charge in [-0.1, -0.05) is 36.4 Å². The first-order valence-electron chi connectivity index (χ1n) is 11.7. The SMILES string of the molecule is O=C(Cc1ccccc1)N1CCCC(C(=O)N2CCCC2c2ccc3c(c2)OCCO3)C1. The van der Waals surface area contributed by atoms with Crippen molar-refractivity contribution in [2.24, 2.45) is 5.92 Å². The Morgan fingerprint density at radius 1 is 0.906 bits per heavy atom. The van der Waals surface area contributed by atoms with Gasteiger partial charge in [0.1, 0.15) is 13.2 Å². The van der Waals surface area contributed by atoms with Gasteiger partial charge < -0.3 is 19.3 Å². The summed E-state index contributed by atoms with van der Waals surface area (Å²) in [6.07, 6.45) is 4.06. The molecule has 3 aliphatic heterocycles. The van der Waals surface area contributed by atoms with Crippen molar-refractivity contribution in [3.63, 3.8) is 0 Å². The Hall–Kier alpha value is -3.02. The molecule has 2 fully saturated rings. The average Bonchev–Trinajstić information content (AvgIpc) is 3.34. The Morgan fingerprint density at radius 3 is 2.53 bits per heavy atom. The Labute approximate surface area is 189 Å². The maximum Gasteiger partial charge on any atom is 0.227 e. The molecule has 0 bridgehead atoms. The van der Waals surface area contributed by atoms with Crippen LogP contribution >= 0.6 is 0 Å². The van der Waals surface area contributed by atoms with Crippen LogP contribution in [0.1, 0.15) is 42.9 Å². The smallest absolute Gasteiger partial charge is 0.227 e. The fourth-order valence-electron chi connectivity index (χ4n) is 5.17. The normalized spacial score (nSPS) is 22.6. The zero-order chi connectivity index (χ0) is 21.9. The maximum atomic E-state index is 13.5. The monoisotopic (exact) mass is 434 g/mol. The highest BCUT2D eigenvalue weighted by atomic mass is 16.6. The van der Waals surface area contributed by atoms with Crippen LogP contribution in [0.5, 0.6) is 11.5 Å². The van der Waals surface area contributed by atoms with Crippen molar-refractivity contribution in [2.75, 3.05) is 32.8 Å². The molecule has 6 nitrogen and oxygen atoms in total. The molecule has 2 aromatic carbocycles. The van der Waals surface area contributed by atoms with Gasteiger partial charge in [0.25, 0.3) is 0 Å². The molecule has 32 heavy (non-hydrogen) atoms. The summed E-state index contributed by atoms with van der Waals surface area (Å²) in [5, 5.41) is 0. The molecular formula is C26H30N2O4. The van der Waals surface area contributed by atoms with Crippen molar-refractivity contribution >= 4 is 11.8 Å². The number of likely N-dealkylation sites (tertiary alicyclic amines) is 2. The van der Waals surface area contributed by atoms with Crippen LogP contribution in [0.25, 0.3) is 0 Å². The predicted octanol–water partition coefficient (Wildman–Crippen LogP) is 3.60. The van der Waals surface area contributed by atoms with E-state index < -0.39 is 0 Å². The van der Waals surface area contributed by atoms with Gasteiger partial charge in [-0.05, 0) is 48.9 Å². The number of carbonyl (C=O) groups excluding carboxylic acids is 2. The topological polar surface area (TPSA) is 59.1 Å². The number of piperidine rings is 1. The van der Waals surface area contributed by atoms with Crippen molar-refractivity contribution in [3.05, 3.63) is 59.7 Å². The molecule has 0 N–H and O–H groups in total. The third kappa shape index (κ3) is 4.31. The molecule has 2 unspecified atom stereocenters. The minimum Gasteiger partial charge on any atom is -0.486 e. The molecule has 168 valence electrons. The minimum absolute atomic E-state index is 0.0636. The second-order valence-electron chi connectivity index (χ2n) is 8.93. The van der Waals surface area contributed by atoms with Gasteiger partial charge in [-0.2, -0.15) is 0 Å². The highest BCUT2D eigenvalue weighted by molar-refractivity contribution is 5.83. The van der Waals surface area contributed by atoms with Gasteiger partial charge in [-0.25, -0.2) is 0 Å². The number of hydrogen-bond donors (Lipinski definition) is 0. The highest BCUT2D eigenvalue weighted by Crippen LogP contribution is 2.39. The van der Waals surface area contributed by atoms with Crippen LogP contribution in [0.2, 0.25) is 0 Å². The molecule has 0 radical (unpaired) electrons. The number of benzene rings is 2. The Balaban J connectivity index is 1.26. The lowest BCUT2D eigenvalue weighted by Crippen LogP contribution is -2.47. The number of ether oxygens (including phenoxy) is 2. The number of carbonyl (C=O) groups is 2. The van der Waals surface area contributed by atoms with E-state index in [0.717, 1.165) is 61.4 Å². The highest BCUT2D eigenvalue weighted by Gasteiger charge is 2.37. The van der Waals surface area contributed by atoms with Crippen LogP contribution < -0.4 is 9.47 Å². The predicted molar refractivity (Wildman–Crippen MR) is 121 cm³/mol. The molecule has 0 spiro atoms. The summed E-state index contributed by atoms with van der Waals surface area (Å²) in [6, 6.07) is 15.9. The van der Waals surface area contributed by atoms with Crippen molar-refractivity contribution in [3.8, 4) is 11.5 Å². The number of amides is 2. The zero-order valence-electron chi connectivity index (χ0n) is 18.4. The summed E-state index contributed by atoms with van der Waals surface area (Å²) >= 11 is 0. The van der Waals surface area contributed by atoms with E-state index >= 15 is 0 Å². The van der Waals surface area contributed by atoms with E-state index in [2.05, 4.69) is 6.07 Å². The second kappa shape index (κ2) is 9.23. The molecule has 2 amide bonds. The largest absolute Gasteiger partial charge is 0.486 e. The summed E-state index contributed by atoms with van der Waals surface area (Å²) in [7, 11) is 0. The standard InChI is InChI=1S/C26H30N2O4/c29-25(16-19-6-2-1-3-7-19)27-12-4-8-21(18-27)26(30)28-13-5-9-22(28)20-10-11-23-24(17-20)32-15-14-31-23/h1-3,6-7,10-11,17,21-22H,4-5,8-9,12-16,18H2. The number of nitrogens with zero attached hydrogens (tertiary/aromatic N) is 2. The van der Waals surface area contributed by atoms with E-state index in [1.807, 2.05) is 52.3 Å². The molecule has 3 aliphatic rings. The van der Waals surface area contributed by atoms with Gasteiger partial charge in [0, 0.05) is 19.6 Å². The van der Waals surface area contributed by atoms with Gasteiger partial charge in [0.2, 0.25) is 11.8 Å². The summed E-state index contributed by atoms with van der Waals surface area (Å²) in [5.41, 5.74) is 2.12. The molecule has 6 heteroatoms. The summed E-state index contributed by atoms with van der Waals surface area (Å²) in [6.45, 7) is 3.16. The zero-order valence-corrected chi connectivity index (χ0v) is 18.4. The Morgan fingerprint density at radius 2 is 1.69 bits per heavy atom. The second-order valence-corrected chi connectivity index (χ2v) is 8.93. The van der Waals surface area contributed by atoms with Crippen molar-refractivity contribution < 1.29 is 19.1 Å². The Kier molecular flexibility index (Phi) is 6.02. The van der Waals surface area contributed by atoms with Crippen LogP contribution in [-0.4, -0.2) is 54.5 Å². The van der Waals surface area contributed by atoms with E-state index in [1.165, 1.54) is 0 Å². The molecule has 0 saturated carbocycles. The van der Waals surface area contributed by atoms with Gasteiger partial charge >= 0.3 is 0 Å². The summed E-state index contributed by atoms with van der Waals surface area (Å²) < 4.78 is 11.4. The third-order valence-electron chi connectivity index (χ3n) is 6.81. The van der Waals surface area contributed by atoms with E-state index in [1.54, 1.807) is 0 Å². The lowest BCUT2D eigenvalue weighted by atomic mass is 9.94. The van der Waals surface area contributed by atoms with E-state index in [0.29, 0.717) is 26.2 Å². The van der Waals surface area contributed by atoms with E-state index in [4.69, 9.17) is 9.47 Å². The van der Waals surface area contributed by atoms with E-state index in [-0.39, 0.29) is 23.8 Å². The van der Waals surface area contributed by atoms with Crippen LogP contribution in [0, 0.1) is 5.92 Å². The number of fused-ring (bicyclic) bond motifs is 1. The molecule has 3 heterocycles. The average molecular weight is 435 g/mol. The van der Waals surface area contributed by atoms with Crippen LogP contribution in [0.4, 0.5) is 0 Å². The summed E-state index contributed by atoms with van der Waals surface area (Å²) in [5.74, 6) is 1.71. The fraction of sp³-hybridized carbons (Fsp3) is 0.462. The number of hydrogen-bond acceptors (Lipinski definition) is 4. The lowest BCUT2D eigenvalue weighted by Gasteiger charge is -2.36. The summed E-state index contributed by atoms with van der Waals surface area (Å²) in [4.78, 5) is 30.3. The van der Waals surface area contributed by atoms with Gasteiger partial charge in [-0.15, -0.1) is 0 Å². The number of rotatable bonds is 4. The molecule has 2 atom stereocenters. The van der Waals surface area contributed by atoms with Crippen LogP contribution in [-0.2, 0) is 16.0 Å². The van der Waals surface area contributed by atoms with Gasteiger partial charge in [0.15, 0.2) is 11.5 Å². The van der Waals surface area contributed by atoms with Crippen LogP contribution in [0.15, 0.2) is 48.5 Å². The molecule has 2 saturated heterocycles. The fourth-order valence-corrected chi connectivity index (χ4v) is 5.17. The minimum atomic E-state index is -0.124. The first-order chi connectivity index (χ1) is 15.7. The van der Waals surface area contributed by atoms with E-state index in [9.17, 15) is 9.59 Å². The van der Waals surface area contributed by atoms with Crippen molar-refractivity contribution in [1.29, 1.82) is 0 Å². The molecule has 0 aliphatic carbocycles. The Bertz CT molecular complexity index is 977. The van der Waals surface area contributed by atoms with Crippen LogP contribution in [0.3, 0.4) is 0 Å². The molecular weight excluding hydrogens is 404 g/mol. The molecule has 0 aromatic heterocycles. The van der Waals surface area contributed by atoms with Crippen molar-refractivity contribution in [1.82, 2.24) is 9.80 Å². The quantitative estimate of drug-likeness (QED) is 0.738. The first kappa shape index (κ1) is 20.9. The first-order valence-corrected chi connectivity index (χ1v) is 11.7. The molecule has 2 aromatic rings. The van der Waals surface area contributed by atoms with Crippen molar-refractivity contribution in [2.45, 2.75) is 38.1 Å². The maximum absolute atomic E-state index is 13.5.